The molecule has 0 aliphatic heterocycles. The molecule has 84 valence electrons. The molecule has 1 saturated carbocycles. The Morgan fingerprint density at radius 2 is 2.27 bits per heavy atom. The monoisotopic (exact) mass is 210 g/mol. The minimum Gasteiger partial charge on any atom is -0.469 e. The topological polar surface area (TPSA) is 46.5 Å². The van der Waals surface area contributed by atoms with Crippen LogP contribution in [-0.2, 0) is 9.53 Å². The zero-order chi connectivity index (χ0) is 10.9. The van der Waals surface area contributed by atoms with Crippen molar-refractivity contribution in [2.75, 3.05) is 7.11 Å². The predicted molar refractivity (Wildman–Crippen MR) is 56.2 cm³/mol. The van der Waals surface area contributed by atoms with Gasteiger partial charge in [-0.15, -0.1) is 0 Å². The molecule has 0 aromatic carbocycles. The van der Waals surface area contributed by atoms with Crippen LogP contribution in [0.25, 0.3) is 0 Å². The number of hydrogen-bond acceptors (Lipinski definition) is 3. The lowest BCUT2D eigenvalue weighted by atomic mass is 9.73. The predicted octanol–water partition coefficient (Wildman–Crippen LogP) is 1.66. The van der Waals surface area contributed by atoms with Crippen LogP contribution in [0.2, 0.25) is 0 Å². The largest absolute Gasteiger partial charge is 0.469 e. The molecule has 2 rings (SSSR count). The number of aliphatic hydroxyl groups is 1. The van der Waals surface area contributed by atoms with Crippen LogP contribution in [0.4, 0.5) is 0 Å². The second-order valence-electron chi connectivity index (χ2n) is 4.67. The van der Waals surface area contributed by atoms with E-state index in [0.29, 0.717) is 0 Å². The van der Waals surface area contributed by atoms with E-state index in [4.69, 9.17) is 4.74 Å². The van der Waals surface area contributed by atoms with E-state index >= 15 is 0 Å². The Morgan fingerprint density at radius 1 is 1.47 bits per heavy atom. The summed E-state index contributed by atoms with van der Waals surface area (Å²) >= 11 is 0. The molecule has 0 saturated heterocycles. The Hall–Kier alpha value is -0.830. The molecule has 0 radical (unpaired) electrons. The van der Waals surface area contributed by atoms with Crippen LogP contribution in [0, 0.1) is 11.3 Å². The first-order valence-electron chi connectivity index (χ1n) is 5.63. The van der Waals surface area contributed by atoms with Crippen LogP contribution in [0.3, 0.4) is 0 Å². The molecule has 0 unspecified atom stereocenters. The van der Waals surface area contributed by atoms with Gasteiger partial charge >= 0.3 is 5.97 Å². The van der Waals surface area contributed by atoms with Crippen molar-refractivity contribution in [3.05, 3.63) is 12.2 Å². The lowest BCUT2D eigenvalue weighted by molar-refractivity contribution is -0.144. The van der Waals surface area contributed by atoms with E-state index in [1.165, 1.54) is 7.11 Å². The summed E-state index contributed by atoms with van der Waals surface area (Å²) in [5, 5.41) is 9.92. The maximum Gasteiger partial charge on any atom is 0.312 e. The highest BCUT2D eigenvalue weighted by Crippen LogP contribution is 2.46. The third kappa shape index (κ3) is 1.81. The fourth-order valence-corrected chi connectivity index (χ4v) is 2.82. The van der Waals surface area contributed by atoms with Gasteiger partial charge in [0.05, 0.1) is 19.1 Å². The zero-order valence-electron chi connectivity index (χ0n) is 9.11. The lowest BCUT2D eigenvalue weighted by Crippen LogP contribution is -2.32. The molecular weight excluding hydrogens is 192 g/mol. The van der Waals surface area contributed by atoms with Crippen molar-refractivity contribution in [2.24, 2.45) is 11.3 Å². The third-order valence-corrected chi connectivity index (χ3v) is 3.87. The molecule has 1 fully saturated rings. The number of esters is 1. The number of hydrogen-bond donors (Lipinski definition) is 1. The van der Waals surface area contributed by atoms with Gasteiger partial charge in [-0.05, 0) is 32.1 Å². The van der Waals surface area contributed by atoms with Gasteiger partial charge in [-0.2, -0.15) is 0 Å². The van der Waals surface area contributed by atoms with Crippen LogP contribution < -0.4 is 0 Å². The van der Waals surface area contributed by atoms with Crippen molar-refractivity contribution < 1.29 is 14.6 Å². The molecule has 1 spiro atoms. The van der Waals surface area contributed by atoms with Crippen LogP contribution in [0.5, 0.6) is 0 Å². The highest BCUT2D eigenvalue weighted by Gasteiger charge is 2.42. The van der Waals surface area contributed by atoms with Gasteiger partial charge in [0.2, 0.25) is 0 Å². The fraction of sp³-hybridized carbons (Fsp3) is 0.750. The molecule has 3 atom stereocenters. The summed E-state index contributed by atoms with van der Waals surface area (Å²) in [6.07, 6.45) is 8.51. The van der Waals surface area contributed by atoms with Crippen LogP contribution in [0.1, 0.15) is 32.1 Å². The molecule has 3 heteroatoms. The normalized spacial score (nSPS) is 39.6. The summed E-state index contributed by atoms with van der Waals surface area (Å²) in [6.45, 7) is 0. The summed E-state index contributed by atoms with van der Waals surface area (Å²) in [4.78, 5) is 11.3. The number of aliphatic hydroxyl groups excluding tert-OH is 1. The van der Waals surface area contributed by atoms with Gasteiger partial charge in [0.25, 0.3) is 0 Å². The molecular formula is C12H18O3. The summed E-state index contributed by atoms with van der Waals surface area (Å²) in [7, 11) is 1.42. The summed E-state index contributed by atoms with van der Waals surface area (Å²) < 4.78 is 4.71. The SMILES string of the molecule is COC(=O)[C@H]1C=C[C@@]2(CCC[C@H]2O)CC1. The van der Waals surface area contributed by atoms with Gasteiger partial charge in [0.1, 0.15) is 0 Å². The van der Waals surface area contributed by atoms with Crippen molar-refractivity contribution in [3.8, 4) is 0 Å². The molecule has 15 heavy (non-hydrogen) atoms. The van der Waals surface area contributed by atoms with Crippen LogP contribution >= 0.6 is 0 Å². The summed E-state index contributed by atoms with van der Waals surface area (Å²) in [5.74, 6) is -0.262. The highest BCUT2D eigenvalue weighted by atomic mass is 16.5. The van der Waals surface area contributed by atoms with Crippen LogP contribution in [-0.4, -0.2) is 24.3 Å². The number of methoxy groups -OCH3 is 1. The standard InChI is InChI=1S/C12H18O3/c1-15-11(14)9-4-7-12(8-5-9)6-2-3-10(12)13/h4,7,9-10,13H,2-3,5-6,8H2,1H3/t9-,10+,12-/m0/s1. The van der Waals surface area contributed by atoms with Crippen molar-refractivity contribution in [1.29, 1.82) is 0 Å². The van der Waals surface area contributed by atoms with Crippen LogP contribution in [0.15, 0.2) is 12.2 Å². The Kier molecular flexibility index (Phi) is 2.83. The molecule has 3 nitrogen and oxygen atoms in total. The fourth-order valence-electron chi connectivity index (χ4n) is 2.82. The van der Waals surface area contributed by atoms with Crippen molar-refractivity contribution in [3.63, 3.8) is 0 Å². The van der Waals surface area contributed by atoms with Gasteiger partial charge in [-0.1, -0.05) is 12.2 Å². The molecule has 0 aromatic rings. The Balaban J connectivity index is 2.08. The quantitative estimate of drug-likeness (QED) is 0.529. The number of rotatable bonds is 1. The minimum absolute atomic E-state index is 0.0372. The van der Waals surface area contributed by atoms with Crippen molar-refractivity contribution >= 4 is 5.97 Å². The Bertz CT molecular complexity index is 285. The van der Waals surface area contributed by atoms with Crippen molar-refractivity contribution in [2.45, 2.75) is 38.2 Å². The molecule has 1 N–H and O–H groups in total. The van der Waals surface area contributed by atoms with E-state index in [1.54, 1.807) is 0 Å². The smallest absolute Gasteiger partial charge is 0.312 e. The zero-order valence-corrected chi connectivity index (χ0v) is 9.11. The third-order valence-electron chi connectivity index (χ3n) is 3.87. The second-order valence-corrected chi connectivity index (χ2v) is 4.67. The second kappa shape index (κ2) is 3.97. The van der Waals surface area contributed by atoms with Crippen molar-refractivity contribution in [1.82, 2.24) is 0 Å². The molecule has 0 aromatic heterocycles. The molecule has 2 aliphatic rings. The van der Waals surface area contributed by atoms with E-state index in [1.807, 2.05) is 6.08 Å². The lowest BCUT2D eigenvalue weighted by Gasteiger charge is -2.34. The van der Waals surface area contributed by atoms with Gasteiger partial charge in [-0.25, -0.2) is 0 Å². The first kappa shape index (κ1) is 10.7. The van der Waals surface area contributed by atoms with E-state index in [-0.39, 0.29) is 23.4 Å². The number of ether oxygens (including phenoxy) is 1. The van der Waals surface area contributed by atoms with E-state index in [0.717, 1.165) is 32.1 Å². The number of carbonyl (C=O) groups is 1. The minimum atomic E-state index is -0.215. The first-order chi connectivity index (χ1) is 7.18. The summed E-state index contributed by atoms with van der Waals surface area (Å²) in [5.41, 5.74) is -0.0372. The average Bonchev–Trinajstić information content (AvgIpc) is 2.61. The Morgan fingerprint density at radius 3 is 2.73 bits per heavy atom. The van der Waals surface area contributed by atoms with Gasteiger partial charge in [0, 0.05) is 5.41 Å². The molecule has 0 bridgehead atoms. The molecule has 0 amide bonds. The first-order valence-corrected chi connectivity index (χ1v) is 5.63. The maximum atomic E-state index is 11.3. The van der Waals surface area contributed by atoms with E-state index < -0.39 is 0 Å². The highest BCUT2D eigenvalue weighted by molar-refractivity contribution is 5.74. The molecule has 2 aliphatic carbocycles. The Labute approximate surface area is 90.1 Å². The number of carbonyl (C=O) groups excluding carboxylic acids is 1. The summed E-state index contributed by atoms with van der Waals surface area (Å²) in [6, 6.07) is 0. The molecule has 0 heterocycles. The average molecular weight is 210 g/mol. The maximum absolute atomic E-state index is 11.3. The van der Waals surface area contributed by atoms with E-state index in [2.05, 4.69) is 6.08 Å². The van der Waals surface area contributed by atoms with Gasteiger partial charge in [-0.3, -0.25) is 4.79 Å². The van der Waals surface area contributed by atoms with Gasteiger partial charge < -0.3 is 9.84 Å². The van der Waals surface area contributed by atoms with E-state index in [9.17, 15) is 9.90 Å². The van der Waals surface area contributed by atoms with Gasteiger partial charge in [0.15, 0.2) is 0 Å².